The highest BCUT2D eigenvalue weighted by atomic mass is 79.9. The number of quaternary nitrogens is 1. The fraction of sp³-hybridized carbons (Fsp3) is 0.222. The lowest BCUT2D eigenvalue weighted by Gasteiger charge is -2.14. The van der Waals surface area contributed by atoms with Gasteiger partial charge in [-0.3, -0.25) is 9.59 Å². The van der Waals surface area contributed by atoms with E-state index in [0.29, 0.717) is 12.2 Å². The van der Waals surface area contributed by atoms with E-state index in [1.165, 1.54) is 4.90 Å². The second-order valence-corrected chi connectivity index (χ2v) is 6.90. The van der Waals surface area contributed by atoms with Crippen molar-refractivity contribution in [2.24, 2.45) is 0 Å². The molecule has 0 saturated carbocycles. The fourth-order valence-corrected chi connectivity index (χ4v) is 3.31. The Morgan fingerprint density at radius 1 is 1.08 bits per heavy atom. The van der Waals surface area contributed by atoms with Crippen molar-refractivity contribution in [3.05, 3.63) is 52.5 Å². The zero-order valence-corrected chi connectivity index (χ0v) is 14.9. The monoisotopic (exact) mass is 403 g/mol. The molecule has 2 aromatic carbocycles. The number of anilines is 1. The second-order valence-electron chi connectivity index (χ2n) is 5.98. The molecule has 4 rings (SSSR count). The van der Waals surface area contributed by atoms with Gasteiger partial charge in [-0.1, -0.05) is 15.9 Å². The molecule has 1 fully saturated rings. The average Bonchev–Trinajstić information content (AvgIpc) is 3.18. The minimum Gasteiger partial charge on any atom is -0.454 e. The molecule has 7 heteroatoms. The van der Waals surface area contributed by atoms with Crippen molar-refractivity contribution in [1.29, 1.82) is 0 Å². The molecule has 25 heavy (non-hydrogen) atoms. The van der Waals surface area contributed by atoms with E-state index in [2.05, 4.69) is 15.9 Å². The van der Waals surface area contributed by atoms with Gasteiger partial charge >= 0.3 is 0 Å². The largest absolute Gasteiger partial charge is 0.454 e. The molecule has 128 valence electrons. The van der Waals surface area contributed by atoms with Gasteiger partial charge in [0.1, 0.15) is 6.54 Å². The predicted octanol–water partition coefficient (Wildman–Crippen LogP) is 1.57. The van der Waals surface area contributed by atoms with Crippen LogP contribution in [0.5, 0.6) is 11.5 Å². The number of ether oxygens (including phenoxy) is 2. The summed E-state index contributed by atoms with van der Waals surface area (Å²) in [5.74, 6) is 1.11. The molecule has 2 N–H and O–H groups in total. The number of benzene rings is 2. The molecule has 2 aliphatic rings. The Labute approximate surface area is 152 Å². The summed E-state index contributed by atoms with van der Waals surface area (Å²) in [5.41, 5.74) is 1.63. The highest BCUT2D eigenvalue weighted by molar-refractivity contribution is 9.10. The van der Waals surface area contributed by atoms with Gasteiger partial charge in [0.2, 0.25) is 12.7 Å². The van der Waals surface area contributed by atoms with Gasteiger partial charge in [0.15, 0.2) is 17.5 Å². The van der Waals surface area contributed by atoms with Crippen LogP contribution in [0.2, 0.25) is 0 Å². The Kier molecular flexibility index (Phi) is 4.19. The van der Waals surface area contributed by atoms with E-state index in [1.54, 1.807) is 12.1 Å². The summed E-state index contributed by atoms with van der Waals surface area (Å²) in [7, 11) is 0. The molecule has 1 atom stereocenters. The van der Waals surface area contributed by atoms with E-state index in [1.807, 2.05) is 35.6 Å². The zero-order chi connectivity index (χ0) is 17.4. The summed E-state index contributed by atoms with van der Waals surface area (Å²) in [5, 5.41) is 1.90. The van der Waals surface area contributed by atoms with E-state index in [0.717, 1.165) is 21.5 Å². The van der Waals surface area contributed by atoms with Crippen LogP contribution < -0.4 is 19.7 Å². The average molecular weight is 404 g/mol. The molecule has 0 aliphatic carbocycles. The highest BCUT2D eigenvalue weighted by Gasteiger charge is 2.42. The van der Waals surface area contributed by atoms with Crippen LogP contribution in [0.4, 0.5) is 5.69 Å². The summed E-state index contributed by atoms with van der Waals surface area (Å²) in [6.07, 6.45) is 0.208. The van der Waals surface area contributed by atoms with Gasteiger partial charge in [-0.25, -0.2) is 4.90 Å². The number of carbonyl (C=O) groups excluding carboxylic acids is 2. The lowest BCUT2D eigenvalue weighted by atomic mass is 10.1. The first kappa shape index (κ1) is 16.1. The molecule has 6 nitrogen and oxygen atoms in total. The van der Waals surface area contributed by atoms with Crippen molar-refractivity contribution in [3.8, 4) is 11.5 Å². The standard InChI is InChI=1S/C18H15BrN2O4/c19-12-2-4-13(5-3-12)21-17(22)8-14(18(21)23)20-9-11-1-6-15-16(7-11)25-10-24-15/h1-7,14,20H,8-10H2/p+1. The second kappa shape index (κ2) is 6.50. The van der Waals surface area contributed by atoms with E-state index in [-0.39, 0.29) is 25.0 Å². The van der Waals surface area contributed by atoms with Crippen molar-refractivity contribution >= 4 is 33.4 Å². The van der Waals surface area contributed by atoms with Gasteiger partial charge < -0.3 is 14.8 Å². The van der Waals surface area contributed by atoms with Crippen LogP contribution in [-0.4, -0.2) is 24.6 Å². The summed E-state index contributed by atoms with van der Waals surface area (Å²) >= 11 is 3.35. The third-order valence-corrected chi connectivity index (χ3v) is 4.87. The molecule has 2 aromatic rings. The third kappa shape index (κ3) is 3.12. The number of hydrogen-bond acceptors (Lipinski definition) is 4. The highest BCUT2D eigenvalue weighted by Crippen LogP contribution is 2.32. The summed E-state index contributed by atoms with van der Waals surface area (Å²) in [6.45, 7) is 0.828. The van der Waals surface area contributed by atoms with Crippen molar-refractivity contribution in [1.82, 2.24) is 0 Å². The molecule has 2 heterocycles. The third-order valence-electron chi connectivity index (χ3n) is 4.34. The number of carbonyl (C=O) groups is 2. The number of rotatable bonds is 4. The minimum atomic E-state index is -0.401. The van der Waals surface area contributed by atoms with E-state index < -0.39 is 6.04 Å². The van der Waals surface area contributed by atoms with Gasteiger partial charge in [-0.15, -0.1) is 0 Å². The van der Waals surface area contributed by atoms with Gasteiger partial charge in [0.25, 0.3) is 5.91 Å². The lowest BCUT2D eigenvalue weighted by Crippen LogP contribution is -2.90. The maximum absolute atomic E-state index is 12.6. The number of nitrogens with two attached hydrogens (primary N) is 1. The van der Waals surface area contributed by atoms with Crippen molar-refractivity contribution in [2.75, 3.05) is 11.7 Å². The minimum absolute atomic E-state index is 0.167. The van der Waals surface area contributed by atoms with Crippen LogP contribution in [0, 0.1) is 0 Å². The van der Waals surface area contributed by atoms with Crippen LogP contribution in [0.25, 0.3) is 0 Å². The zero-order valence-electron chi connectivity index (χ0n) is 13.3. The smallest absolute Gasteiger partial charge is 0.292 e. The van der Waals surface area contributed by atoms with E-state index in [4.69, 9.17) is 9.47 Å². The Morgan fingerprint density at radius 2 is 1.84 bits per heavy atom. The summed E-state index contributed by atoms with van der Waals surface area (Å²) in [6, 6.07) is 12.5. The predicted molar refractivity (Wildman–Crippen MR) is 93.2 cm³/mol. The molecule has 0 bridgehead atoms. The topological polar surface area (TPSA) is 72.5 Å². The van der Waals surface area contributed by atoms with Crippen LogP contribution in [0.3, 0.4) is 0 Å². The van der Waals surface area contributed by atoms with E-state index in [9.17, 15) is 9.59 Å². The Balaban J connectivity index is 1.44. The number of hydrogen-bond donors (Lipinski definition) is 1. The Hall–Kier alpha value is -2.38. The molecular formula is C18H16BrN2O4+. The van der Waals surface area contributed by atoms with Crippen molar-refractivity contribution in [2.45, 2.75) is 19.0 Å². The molecule has 1 saturated heterocycles. The van der Waals surface area contributed by atoms with Crippen molar-refractivity contribution in [3.63, 3.8) is 0 Å². The normalized spacial score (nSPS) is 18.9. The number of nitrogens with zero attached hydrogens (tertiary/aromatic N) is 1. The van der Waals surface area contributed by atoms with Gasteiger partial charge in [0, 0.05) is 10.0 Å². The summed E-state index contributed by atoms with van der Waals surface area (Å²) < 4.78 is 11.6. The Bertz CT molecular complexity index is 837. The number of imide groups is 1. The maximum atomic E-state index is 12.6. The summed E-state index contributed by atoms with van der Waals surface area (Å²) in [4.78, 5) is 26.2. The first-order chi connectivity index (χ1) is 12.1. The SMILES string of the molecule is O=C1CC([NH2+]Cc2ccc3c(c2)OCO3)C(=O)N1c1ccc(Br)cc1. The van der Waals surface area contributed by atoms with Crippen LogP contribution in [0.15, 0.2) is 46.9 Å². The van der Waals surface area contributed by atoms with Crippen LogP contribution >= 0.6 is 15.9 Å². The van der Waals surface area contributed by atoms with Gasteiger partial charge in [-0.05, 0) is 42.5 Å². The van der Waals surface area contributed by atoms with E-state index >= 15 is 0 Å². The van der Waals surface area contributed by atoms with Crippen molar-refractivity contribution < 1.29 is 24.4 Å². The quantitative estimate of drug-likeness (QED) is 0.786. The molecule has 0 spiro atoms. The molecule has 0 aromatic heterocycles. The van der Waals surface area contributed by atoms with Crippen LogP contribution in [0.1, 0.15) is 12.0 Å². The molecule has 2 aliphatic heterocycles. The van der Waals surface area contributed by atoms with Crippen LogP contribution in [-0.2, 0) is 16.1 Å². The molecule has 0 radical (unpaired) electrons. The maximum Gasteiger partial charge on any atom is 0.292 e. The first-order valence-electron chi connectivity index (χ1n) is 7.96. The Morgan fingerprint density at radius 3 is 2.64 bits per heavy atom. The van der Waals surface area contributed by atoms with Gasteiger partial charge in [-0.2, -0.15) is 0 Å². The number of fused-ring (bicyclic) bond motifs is 1. The fourth-order valence-electron chi connectivity index (χ4n) is 3.05. The van der Waals surface area contributed by atoms with Gasteiger partial charge in [0.05, 0.1) is 12.1 Å². The number of amides is 2. The first-order valence-corrected chi connectivity index (χ1v) is 8.75. The lowest BCUT2D eigenvalue weighted by molar-refractivity contribution is -0.690. The number of halogens is 1. The molecular weight excluding hydrogens is 388 g/mol. The molecule has 2 amide bonds. The molecule has 1 unspecified atom stereocenters.